The molecule has 0 bridgehead atoms. The van der Waals surface area contributed by atoms with E-state index >= 15 is 4.39 Å². The summed E-state index contributed by atoms with van der Waals surface area (Å²) in [4.78, 5) is 36.4. The number of hydrogen-bond donors (Lipinski definition) is 0. The average molecular weight is 454 g/mol. The number of hydrogen-bond acceptors (Lipinski definition) is 6. The maximum Gasteiger partial charge on any atom is 0.258 e. The van der Waals surface area contributed by atoms with Crippen molar-refractivity contribution in [3.63, 3.8) is 0 Å². The van der Waals surface area contributed by atoms with Crippen molar-refractivity contribution in [1.29, 1.82) is 0 Å². The molecule has 0 saturated carbocycles. The number of carbonyl (C=O) groups is 2. The van der Waals surface area contributed by atoms with Crippen molar-refractivity contribution in [2.45, 2.75) is 33.2 Å². The molecule has 1 saturated heterocycles. The fourth-order valence-electron chi connectivity index (χ4n) is 4.02. The van der Waals surface area contributed by atoms with Crippen molar-refractivity contribution < 1.29 is 14.0 Å². The molecule has 1 aromatic heterocycles. The molecule has 1 amide bonds. The molecule has 3 rings (SSSR count). The summed E-state index contributed by atoms with van der Waals surface area (Å²) in [6.45, 7) is 12.9. The van der Waals surface area contributed by atoms with E-state index in [4.69, 9.17) is 0 Å². The molecule has 176 valence electrons. The topological polar surface area (TPSA) is 60.0 Å². The number of amides is 1. The fraction of sp³-hybridized carbons (Fsp3) is 0.400. The third kappa shape index (κ3) is 4.84. The minimum absolute atomic E-state index is 0.00601. The number of pyridine rings is 1. The molecule has 0 unspecified atom stereocenters. The number of aromatic nitrogens is 1. The number of rotatable bonds is 7. The summed E-state index contributed by atoms with van der Waals surface area (Å²) in [5, 5.41) is 0. The molecule has 2 heterocycles. The molecule has 0 N–H and O–H groups in total. The van der Waals surface area contributed by atoms with Gasteiger partial charge in [-0.3, -0.25) is 4.79 Å². The van der Waals surface area contributed by atoms with Crippen LogP contribution in [-0.2, 0) is 4.79 Å². The van der Waals surface area contributed by atoms with Gasteiger partial charge in [0, 0.05) is 39.1 Å². The van der Waals surface area contributed by atoms with Crippen molar-refractivity contribution >= 4 is 23.7 Å². The van der Waals surface area contributed by atoms with E-state index in [9.17, 15) is 9.59 Å². The second-order valence-corrected chi connectivity index (χ2v) is 9.21. The number of halogens is 1. The van der Waals surface area contributed by atoms with Gasteiger partial charge in [-0.2, -0.15) is 0 Å². The molecule has 0 aliphatic carbocycles. The van der Waals surface area contributed by atoms with Crippen molar-refractivity contribution in [3.05, 3.63) is 65.4 Å². The standard InChI is InChI=1S/C25H32FN5O2/c1-17-12-18(2)23(27-14-17)29-10-11-30(16-29)24(33)21-9-8-20(13-22(21)26)31(19(3)28(6)7)25(4,5)15-32/h8-9,12-15H,3,10-11,16H2,1-2,4-7H3. The highest BCUT2D eigenvalue weighted by molar-refractivity contribution is 5.95. The second kappa shape index (κ2) is 9.21. The summed E-state index contributed by atoms with van der Waals surface area (Å²) in [5.41, 5.74) is 1.61. The largest absolute Gasteiger partial charge is 0.365 e. The van der Waals surface area contributed by atoms with Gasteiger partial charge in [0.1, 0.15) is 23.7 Å². The van der Waals surface area contributed by atoms with Gasteiger partial charge in [-0.15, -0.1) is 0 Å². The van der Waals surface area contributed by atoms with Crippen LogP contribution in [0, 0.1) is 19.7 Å². The first-order chi connectivity index (χ1) is 15.5. The van der Waals surface area contributed by atoms with Crippen molar-refractivity contribution in [2.75, 3.05) is 43.7 Å². The van der Waals surface area contributed by atoms with E-state index in [1.54, 1.807) is 54.9 Å². The van der Waals surface area contributed by atoms with Crippen molar-refractivity contribution in [2.24, 2.45) is 0 Å². The summed E-state index contributed by atoms with van der Waals surface area (Å²) >= 11 is 0. The number of aryl methyl sites for hydroxylation is 2. The monoisotopic (exact) mass is 453 g/mol. The molecular formula is C25H32FN5O2. The quantitative estimate of drug-likeness (QED) is 0.598. The molecular weight excluding hydrogens is 421 g/mol. The van der Waals surface area contributed by atoms with Crippen LogP contribution in [0.4, 0.5) is 15.9 Å². The first-order valence-electron chi connectivity index (χ1n) is 10.9. The lowest BCUT2D eigenvalue weighted by Crippen LogP contribution is -2.47. The summed E-state index contributed by atoms with van der Waals surface area (Å²) in [5.74, 6) is 0.347. The molecule has 0 spiro atoms. The maximum absolute atomic E-state index is 15.2. The van der Waals surface area contributed by atoms with E-state index in [1.807, 2.05) is 18.7 Å². The van der Waals surface area contributed by atoms with Gasteiger partial charge in [0.05, 0.1) is 17.8 Å². The lowest BCUT2D eigenvalue weighted by atomic mass is 10.0. The van der Waals surface area contributed by atoms with Crippen molar-refractivity contribution in [3.8, 4) is 0 Å². The number of aldehydes is 1. The molecule has 0 atom stereocenters. The lowest BCUT2D eigenvalue weighted by Gasteiger charge is -2.40. The predicted molar refractivity (Wildman–Crippen MR) is 129 cm³/mol. The zero-order valence-electron chi connectivity index (χ0n) is 20.2. The molecule has 2 aromatic rings. The Kier molecular flexibility index (Phi) is 6.76. The van der Waals surface area contributed by atoms with E-state index in [2.05, 4.69) is 17.6 Å². The molecule has 7 nitrogen and oxygen atoms in total. The Bertz CT molecular complexity index is 1080. The molecule has 1 aliphatic rings. The van der Waals surface area contributed by atoms with E-state index in [-0.39, 0.29) is 11.5 Å². The fourth-order valence-corrected chi connectivity index (χ4v) is 4.02. The number of anilines is 2. The van der Waals surface area contributed by atoms with Crippen LogP contribution < -0.4 is 9.80 Å². The molecule has 1 aliphatic heterocycles. The van der Waals surface area contributed by atoms with Crippen LogP contribution in [0.3, 0.4) is 0 Å². The number of benzene rings is 1. The van der Waals surface area contributed by atoms with Crippen LogP contribution in [0.5, 0.6) is 0 Å². The van der Waals surface area contributed by atoms with E-state index < -0.39 is 11.4 Å². The first kappa shape index (κ1) is 24.2. The van der Waals surface area contributed by atoms with Gasteiger partial charge in [0.2, 0.25) is 0 Å². The van der Waals surface area contributed by atoms with Crippen molar-refractivity contribution in [1.82, 2.24) is 14.8 Å². The number of nitrogens with zero attached hydrogens (tertiary/aromatic N) is 5. The third-order valence-electron chi connectivity index (χ3n) is 5.84. The SMILES string of the molecule is C=C(N(C)C)N(c1ccc(C(=O)N2CCN(c3ncc(C)cc3C)C2)c(F)c1)C(C)(C)C=O. The first-order valence-corrected chi connectivity index (χ1v) is 10.9. The summed E-state index contributed by atoms with van der Waals surface area (Å²) < 4.78 is 15.2. The van der Waals surface area contributed by atoms with E-state index in [1.165, 1.54) is 12.1 Å². The second-order valence-electron chi connectivity index (χ2n) is 9.21. The molecule has 0 radical (unpaired) electrons. The smallest absolute Gasteiger partial charge is 0.258 e. The zero-order valence-corrected chi connectivity index (χ0v) is 20.2. The Hall–Kier alpha value is -3.42. The predicted octanol–water partition coefficient (Wildman–Crippen LogP) is 3.57. The van der Waals surface area contributed by atoms with Crippen LogP contribution >= 0.6 is 0 Å². The summed E-state index contributed by atoms with van der Waals surface area (Å²) in [6, 6.07) is 6.46. The number of carbonyl (C=O) groups excluding carboxylic acids is 2. The van der Waals surface area contributed by atoms with Crippen LogP contribution in [0.2, 0.25) is 0 Å². The van der Waals surface area contributed by atoms with Gasteiger partial charge in [-0.1, -0.05) is 12.6 Å². The van der Waals surface area contributed by atoms with Gasteiger partial charge < -0.3 is 24.4 Å². The normalized spacial score (nSPS) is 13.8. The molecule has 1 fully saturated rings. The van der Waals surface area contributed by atoms with Gasteiger partial charge in [0.15, 0.2) is 0 Å². The van der Waals surface area contributed by atoms with E-state index in [0.717, 1.165) is 23.2 Å². The lowest BCUT2D eigenvalue weighted by molar-refractivity contribution is -0.111. The average Bonchev–Trinajstić information content (AvgIpc) is 3.23. The van der Waals surface area contributed by atoms with E-state index in [0.29, 0.717) is 31.3 Å². The van der Waals surface area contributed by atoms with Gasteiger partial charge in [-0.05, 0) is 57.0 Å². The molecule has 8 heteroatoms. The van der Waals surface area contributed by atoms with Crippen LogP contribution in [0.15, 0.2) is 42.9 Å². The Morgan fingerprint density at radius 1 is 1.21 bits per heavy atom. The third-order valence-corrected chi connectivity index (χ3v) is 5.84. The highest BCUT2D eigenvalue weighted by Crippen LogP contribution is 2.30. The van der Waals surface area contributed by atoms with Gasteiger partial charge in [-0.25, -0.2) is 9.37 Å². The summed E-state index contributed by atoms with van der Waals surface area (Å²) in [6.07, 6.45) is 2.60. The maximum atomic E-state index is 15.2. The molecule has 33 heavy (non-hydrogen) atoms. The Morgan fingerprint density at radius 2 is 1.91 bits per heavy atom. The summed E-state index contributed by atoms with van der Waals surface area (Å²) in [7, 11) is 3.60. The minimum atomic E-state index is -0.951. The van der Waals surface area contributed by atoms with Crippen LogP contribution in [-0.4, -0.2) is 66.4 Å². The van der Waals surface area contributed by atoms with Gasteiger partial charge in [0.25, 0.3) is 5.91 Å². The van der Waals surface area contributed by atoms with Crippen LogP contribution in [0.1, 0.15) is 35.3 Å². The van der Waals surface area contributed by atoms with Crippen LogP contribution in [0.25, 0.3) is 0 Å². The zero-order chi connectivity index (χ0) is 24.5. The Morgan fingerprint density at radius 3 is 2.48 bits per heavy atom. The Balaban J connectivity index is 1.84. The Labute approximate surface area is 195 Å². The van der Waals surface area contributed by atoms with Gasteiger partial charge >= 0.3 is 0 Å². The highest BCUT2D eigenvalue weighted by atomic mass is 19.1. The highest BCUT2D eigenvalue weighted by Gasteiger charge is 2.32. The minimum Gasteiger partial charge on any atom is -0.365 e. The molecule has 1 aromatic carbocycles.